The molecule has 49 heavy (non-hydrogen) atoms. The van der Waals surface area contributed by atoms with Gasteiger partial charge in [-0.25, -0.2) is 18.2 Å². The molecule has 3 amide bonds. The summed E-state index contributed by atoms with van der Waals surface area (Å²) in [6.07, 6.45) is 1.95. The van der Waals surface area contributed by atoms with E-state index in [1.165, 1.54) is 55.8 Å². The van der Waals surface area contributed by atoms with Gasteiger partial charge in [0.15, 0.2) is 5.54 Å². The predicted molar refractivity (Wildman–Crippen MR) is 176 cm³/mol. The Hall–Kier alpha value is -5.16. The molecule has 256 valence electrons. The maximum absolute atomic E-state index is 15.0. The lowest BCUT2D eigenvalue weighted by Crippen LogP contribution is -2.66. The number of pyridine rings is 1. The van der Waals surface area contributed by atoms with Crippen LogP contribution in [0.1, 0.15) is 57.2 Å². The van der Waals surface area contributed by atoms with E-state index in [4.69, 9.17) is 14.2 Å². The summed E-state index contributed by atoms with van der Waals surface area (Å²) < 4.78 is 45.7. The lowest BCUT2D eigenvalue weighted by atomic mass is 9.57. The van der Waals surface area contributed by atoms with Crippen molar-refractivity contribution in [3.8, 4) is 17.7 Å². The van der Waals surface area contributed by atoms with Gasteiger partial charge in [-0.15, -0.1) is 0 Å². The third kappa shape index (κ3) is 5.71. The number of methoxy groups -OCH3 is 1. The first kappa shape index (κ1) is 33.7. The summed E-state index contributed by atoms with van der Waals surface area (Å²) in [7, 11) is -3.11. The lowest BCUT2D eigenvalue weighted by molar-refractivity contribution is -0.146. The van der Waals surface area contributed by atoms with Crippen LogP contribution in [0.3, 0.4) is 0 Å². The smallest absolute Gasteiger partial charge is 0.410 e. The standard InChI is InChI=1S/C35H37N5O8S/c1-6-47-30-26(8-7-15-37-30)35(38-29(41)23-17-34(18-23)20-39(21-34)32(43)48-33(2,3)4)27-16-22(19-36)9-14-28(27)40(31(35)42)49(44,45)25-12-10-24(46-5)11-13-25/h7-16,23H,6,17-18,20-21H2,1-5H3,(H,38,41)/t35-/m1/s1. The van der Waals surface area contributed by atoms with Crippen LogP contribution in [0, 0.1) is 22.7 Å². The molecule has 1 saturated carbocycles. The molecule has 0 unspecified atom stereocenters. The molecule has 3 aliphatic rings. The fourth-order valence-corrected chi connectivity index (χ4v) is 8.33. The van der Waals surface area contributed by atoms with Crippen LogP contribution in [-0.4, -0.2) is 68.6 Å². The molecule has 2 fully saturated rings. The molecule has 1 saturated heterocycles. The van der Waals surface area contributed by atoms with Crippen LogP contribution in [0.25, 0.3) is 0 Å². The van der Waals surface area contributed by atoms with Crippen LogP contribution in [0.2, 0.25) is 0 Å². The normalized spacial score (nSPS) is 19.7. The second-order valence-corrected chi connectivity index (χ2v) is 15.4. The summed E-state index contributed by atoms with van der Waals surface area (Å²) in [6.45, 7) is 8.17. The van der Waals surface area contributed by atoms with E-state index >= 15 is 0 Å². The number of fused-ring (bicyclic) bond motifs is 1. The van der Waals surface area contributed by atoms with Crippen LogP contribution < -0.4 is 19.1 Å². The molecule has 13 nitrogen and oxygen atoms in total. The van der Waals surface area contributed by atoms with Crippen molar-refractivity contribution in [2.24, 2.45) is 11.3 Å². The molecule has 0 radical (unpaired) electrons. The number of nitrogens with one attached hydrogen (secondary N) is 1. The minimum Gasteiger partial charge on any atom is -0.497 e. The average Bonchev–Trinajstić information content (AvgIpc) is 3.26. The van der Waals surface area contributed by atoms with Crippen molar-refractivity contribution in [1.29, 1.82) is 5.26 Å². The van der Waals surface area contributed by atoms with Gasteiger partial charge in [0.25, 0.3) is 15.9 Å². The number of nitriles is 1. The Bertz CT molecular complexity index is 1970. The molecule has 1 atom stereocenters. The Morgan fingerprint density at radius 3 is 2.39 bits per heavy atom. The molecule has 0 bridgehead atoms. The number of hydrogen-bond donors (Lipinski definition) is 1. The highest BCUT2D eigenvalue weighted by molar-refractivity contribution is 7.93. The zero-order valence-corrected chi connectivity index (χ0v) is 28.7. The van der Waals surface area contributed by atoms with Crippen LogP contribution in [-0.2, 0) is 29.9 Å². The Morgan fingerprint density at radius 1 is 1.08 bits per heavy atom. The van der Waals surface area contributed by atoms with Gasteiger partial charge in [0.05, 0.1) is 41.5 Å². The second kappa shape index (κ2) is 12.1. The Balaban J connectivity index is 1.39. The molecule has 6 rings (SSSR count). The number of likely N-dealkylation sites (tertiary alicyclic amines) is 1. The van der Waals surface area contributed by atoms with Crippen molar-refractivity contribution in [2.75, 3.05) is 31.1 Å². The minimum absolute atomic E-state index is 0.0210. The molecule has 14 heteroatoms. The Kier molecular flexibility index (Phi) is 8.31. The van der Waals surface area contributed by atoms with Gasteiger partial charge in [-0.3, -0.25) is 9.59 Å². The number of ether oxygens (including phenoxy) is 3. The second-order valence-electron chi connectivity index (χ2n) is 13.6. The quantitative estimate of drug-likeness (QED) is 0.364. The summed E-state index contributed by atoms with van der Waals surface area (Å²) in [4.78, 5) is 47.4. The zero-order valence-electron chi connectivity index (χ0n) is 27.8. The maximum atomic E-state index is 15.0. The number of carbonyl (C=O) groups is 3. The van der Waals surface area contributed by atoms with Crippen molar-refractivity contribution in [2.45, 2.75) is 56.6 Å². The minimum atomic E-state index is -4.55. The highest BCUT2D eigenvalue weighted by Gasteiger charge is 2.61. The maximum Gasteiger partial charge on any atom is 0.410 e. The van der Waals surface area contributed by atoms with Gasteiger partial charge in [-0.1, -0.05) is 0 Å². The summed E-state index contributed by atoms with van der Waals surface area (Å²) >= 11 is 0. The van der Waals surface area contributed by atoms with Crippen molar-refractivity contribution >= 4 is 33.6 Å². The number of aromatic nitrogens is 1. The molecule has 1 spiro atoms. The van der Waals surface area contributed by atoms with Gasteiger partial charge in [0.2, 0.25) is 11.8 Å². The molecule has 2 aliphatic heterocycles. The van der Waals surface area contributed by atoms with Gasteiger partial charge in [-0.05, 0) is 95.1 Å². The largest absolute Gasteiger partial charge is 0.497 e. The SMILES string of the molecule is CCOc1ncccc1[C@]1(NC(=O)C2CC3(C2)CN(C(=O)OC(C)(C)C)C3)C(=O)N(S(=O)(=O)c2ccc(OC)cc2)c2ccc(C#N)cc21. The summed E-state index contributed by atoms with van der Waals surface area (Å²) in [6, 6.07) is 15.0. The average molecular weight is 688 g/mol. The third-order valence-corrected chi connectivity index (χ3v) is 10.8. The van der Waals surface area contributed by atoms with Crippen molar-refractivity contribution < 1.29 is 37.0 Å². The van der Waals surface area contributed by atoms with Gasteiger partial charge in [0, 0.05) is 36.2 Å². The monoisotopic (exact) mass is 687 g/mol. The Labute approximate surface area is 284 Å². The number of sulfonamides is 1. The summed E-state index contributed by atoms with van der Waals surface area (Å²) in [5.74, 6) is -1.56. The van der Waals surface area contributed by atoms with Gasteiger partial charge in [0.1, 0.15) is 11.4 Å². The molecular formula is C35H37N5O8S. The van der Waals surface area contributed by atoms with E-state index in [1.807, 2.05) is 0 Å². The number of amides is 3. The van der Waals surface area contributed by atoms with Crippen LogP contribution in [0.5, 0.6) is 11.6 Å². The van der Waals surface area contributed by atoms with Gasteiger partial charge >= 0.3 is 6.09 Å². The molecule has 1 aromatic heterocycles. The fourth-order valence-electron chi connectivity index (χ4n) is 6.86. The predicted octanol–water partition coefficient (Wildman–Crippen LogP) is 4.10. The molecular weight excluding hydrogens is 650 g/mol. The van der Waals surface area contributed by atoms with Gasteiger partial charge in [-0.2, -0.15) is 9.57 Å². The first-order valence-electron chi connectivity index (χ1n) is 15.8. The number of rotatable bonds is 8. The summed E-state index contributed by atoms with van der Waals surface area (Å²) in [5.41, 5.74) is -2.68. The van der Waals surface area contributed by atoms with E-state index in [0.29, 0.717) is 36.0 Å². The van der Waals surface area contributed by atoms with E-state index in [1.54, 1.807) is 44.7 Å². The van der Waals surface area contributed by atoms with E-state index in [9.17, 15) is 28.1 Å². The number of nitrogens with zero attached hydrogens (tertiary/aromatic N) is 4. The third-order valence-electron chi connectivity index (χ3n) is 9.05. The number of anilines is 1. The topological polar surface area (TPSA) is 168 Å². The van der Waals surface area contributed by atoms with Crippen LogP contribution >= 0.6 is 0 Å². The zero-order chi connectivity index (χ0) is 35.4. The molecule has 3 aromatic rings. The van der Waals surface area contributed by atoms with E-state index in [0.717, 1.165) is 0 Å². The molecule has 3 heterocycles. The molecule has 2 aromatic carbocycles. The first-order chi connectivity index (χ1) is 23.2. The fraction of sp³-hybridized carbons (Fsp3) is 0.400. The number of hydrogen-bond acceptors (Lipinski definition) is 10. The lowest BCUT2D eigenvalue weighted by Gasteiger charge is -2.58. The van der Waals surface area contributed by atoms with Crippen molar-refractivity contribution in [1.82, 2.24) is 15.2 Å². The number of benzene rings is 2. The van der Waals surface area contributed by atoms with Crippen LogP contribution in [0.15, 0.2) is 65.7 Å². The van der Waals surface area contributed by atoms with Crippen LogP contribution in [0.4, 0.5) is 10.5 Å². The van der Waals surface area contributed by atoms with Crippen molar-refractivity contribution in [3.05, 3.63) is 77.5 Å². The highest BCUT2D eigenvalue weighted by atomic mass is 32.2. The van der Waals surface area contributed by atoms with E-state index in [-0.39, 0.29) is 45.2 Å². The summed E-state index contributed by atoms with van der Waals surface area (Å²) in [5, 5.41) is 12.8. The Morgan fingerprint density at radius 2 is 1.78 bits per heavy atom. The van der Waals surface area contributed by atoms with Crippen molar-refractivity contribution in [3.63, 3.8) is 0 Å². The first-order valence-corrected chi connectivity index (χ1v) is 17.3. The van der Waals surface area contributed by atoms with Gasteiger partial charge < -0.3 is 24.4 Å². The van der Waals surface area contributed by atoms with E-state index < -0.39 is 45.0 Å². The van der Waals surface area contributed by atoms with E-state index in [2.05, 4.69) is 16.4 Å². The highest BCUT2D eigenvalue weighted by Crippen LogP contribution is 2.54. The number of carbonyl (C=O) groups excluding carboxylic acids is 3. The molecule has 1 aliphatic carbocycles. The molecule has 1 N–H and O–H groups in total.